The highest BCUT2D eigenvalue weighted by Gasteiger charge is 2.17. The number of methoxy groups -OCH3 is 2. The van der Waals surface area contributed by atoms with Gasteiger partial charge in [-0.2, -0.15) is 8.42 Å². The second kappa shape index (κ2) is 7.33. The molecule has 0 atom stereocenters. The maximum atomic E-state index is 12.2. The van der Waals surface area contributed by atoms with Crippen LogP contribution in [0.5, 0.6) is 11.5 Å². The third-order valence-corrected chi connectivity index (χ3v) is 5.26. The van der Waals surface area contributed by atoms with Crippen LogP contribution in [0.3, 0.4) is 0 Å². The van der Waals surface area contributed by atoms with Gasteiger partial charge in [0.1, 0.15) is 16.0 Å². The summed E-state index contributed by atoms with van der Waals surface area (Å²) >= 11 is 3.36. The van der Waals surface area contributed by atoms with E-state index in [1.165, 1.54) is 26.4 Å². The molecule has 0 aliphatic carbocycles. The molecule has 0 amide bonds. The summed E-state index contributed by atoms with van der Waals surface area (Å²) in [5, 5.41) is 0. The first kappa shape index (κ1) is 17.8. The summed E-state index contributed by atoms with van der Waals surface area (Å²) in [5.74, 6) is 1.08. The number of benzene rings is 2. The van der Waals surface area contributed by atoms with Gasteiger partial charge in [-0.3, -0.25) is 4.18 Å². The Kier molecular flexibility index (Phi) is 5.67. The van der Waals surface area contributed by atoms with Crippen molar-refractivity contribution in [2.24, 2.45) is 0 Å². The van der Waals surface area contributed by atoms with Gasteiger partial charge >= 0.3 is 0 Å². The Morgan fingerprint density at radius 1 is 1.00 bits per heavy atom. The van der Waals surface area contributed by atoms with Crippen molar-refractivity contribution in [1.82, 2.24) is 0 Å². The SMILES string of the molecule is COc1cc(COS(=O)(=O)c2ccc(C)cc2)cc(OC)c1Br. The van der Waals surface area contributed by atoms with Crippen molar-refractivity contribution in [3.05, 3.63) is 52.0 Å². The lowest BCUT2D eigenvalue weighted by molar-refractivity contribution is 0.305. The monoisotopic (exact) mass is 400 g/mol. The molecule has 124 valence electrons. The molecule has 0 aliphatic rings. The molecule has 2 rings (SSSR count). The third kappa shape index (κ3) is 4.25. The summed E-state index contributed by atoms with van der Waals surface area (Å²) in [4.78, 5) is 0.124. The summed E-state index contributed by atoms with van der Waals surface area (Å²) in [6.45, 7) is 1.77. The van der Waals surface area contributed by atoms with Crippen LogP contribution >= 0.6 is 15.9 Å². The van der Waals surface area contributed by atoms with Crippen molar-refractivity contribution < 1.29 is 22.1 Å². The van der Waals surface area contributed by atoms with Crippen LogP contribution in [-0.4, -0.2) is 22.6 Å². The first-order chi connectivity index (χ1) is 10.9. The smallest absolute Gasteiger partial charge is 0.297 e. The normalized spacial score (nSPS) is 11.3. The van der Waals surface area contributed by atoms with Gasteiger partial charge < -0.3 is 9.47 Å². The number of ether oxygens (including phenoxy) is 2. The minimum Gasteiger partial charge on any atom is -0.495 e. The predicted octanol–water partition coefficient (Wildman–Crippen LogP) is 3.68. The lowest BCUT2D eigenvalue weighted by Crippen LogP contribution is -2.07. The zero-order valence-electron chi connectivity index (χ0n) is 13.0. The second-order valence-corrected chi connectivity index (χ2v) is 7.25. The Balaban J connectivity index is 2.21. The van der Waals surface area contributed by atoms with Gasteiger partial charge in [0.2, 0.25) is 0 Å². The predicted molar refractivity (Wildman–Crippen MR) is 90.4 cm³/mol. The van der Waals surface area contributed by atoms with Gasteiger partial charge in [0.25, 0.3) is 10.1 Å². The van der Waals surface area contributed by atoms with Gasteiger partial charge in [-0.1, -0.05) is 17.7 Å². The van der Waals surface area contributed by atoms with E-state index in [4.69, 9.17) is 13.7 Å². The number of hydrogen-bond donors (Lipinski definition) is 0. The molecule has 5 nitrogen and oxygen atoms in total. The van der Waals surface area contributed by atoms with Gasteiger partial charge in [0, 0.05) is 0 Å². The molecule has 0 fully saturated rings. The van der Waals surface area contributed by atoms with Crippen molar-refractivity contribution in [1.29, 1.82) is 0 Å². The molecular formula is C16H17BrO5S. The molecule has 0 aromatic heterocycles. The summed E-state index contributed by atoms with van der Waals surface area (Å²) in [5.41, 5.74) is 1.60. The highest BCUT2D eigenvalue weighted by molar-refractivity contribution is 9.10. The number of halogens is 1. The molecule has 2 aromatic carbocycles. The summed E-state index contributed by atoms with van der Waals surface area (Å²) < 4.78 is 40.6. The molecule has 7 heteroatoms. The maximum Gasteiger partial charge on any atom is 0.297 e. The van der Waals surface area contributed by atoms with Crippen LogP contribution in [0.4, 0.5) is 0 Å². The van der Waals surface area contributed by atoms with Gasteiger partial charge in [0.15, 0.2) is 0 Å². The van der Waals surface area contributed by atoms with Gasteiger partial charge in [0.05, 0.1) is 25.7 Å². The highest BCUT2D eigenvalue weighted by Crippen LogP contribution is 2.36. The van der Waals surface area contributed by atoms with Gasteiger partial charge in [-0.25, -0.2) is 0 Å². The van der Waals surface area contributed by atoms with E-state index in [1.807, 2.05) is 6.92 Å². The Hall–Kier alpha value is -1.57. The third-order valence-electron chi connectivity index (χ3n) is 3.20. The standard InChI is InChI=1S/C16H17BrO5S/c1-11-4-6-13(7-5-11)23(18,19)22-10-12-8-14(20-2)16(17)15(9-12)21-3/h4-9H,10H2,1-3H3. The van der Waals surface area contributed by atoms with Gasteiger partial charge in [-0.05, 0) is 52.7 Å². The van der Waals surface area contributed by atoms with Crippen molar-refractivity contribution in [2.75, 3.05) is 14.2 Å². The quantitative estimate of drug-likeness (QED) is 0.692. The van der Waals surface area contributed by atoms with Crippen LogP contribution in [0.25, 0.3) is 0 Å². The van der Waals surface area contributed by atoms with Crippen LogP contribution in [0, 0.1) is 6.92 Å². The van der Waals surface area contributed by atoms with E-state index < -0.39 is 10.1 Å². The van der Waals surface area contributed by atoms with E-state index in [2.05, 4.69) is 15.9 Å². The number of rotatable bonds is 6. The average molecular weight is 401 g/mol. The van der Waals surface area contributed by atoms with E-state index >= 15 is 0 Å². The van der Waals surface area contributed by atoms with Crippen molar-refractivity contribution in [3.63, 3.8) is 0 Å². The molecule has 0 aliphatic heterocycles. The first-order valence-electron chi connectivity index (χ1n) is 6.74. The van der Waals surface area contributed by atoms with Crippen molar-refractivity contribution >= 4 is 26.0 Å². The van der Waals surface area contributed by atoms with Crippen molar-refractivity contribution in [3.8, 4) is 11.5 Å². The minimum absolute atomic E-state index is 0.115. The van der Waals surface area contributed by atoms with Crippen molar-refractivity contribution in [2.45, 2.75) is 18.4 Å². The molecule has 0 saturated heterocycles. The lowest BCUT2D eigenvalue weighted by Gasteiger charge is -2.12. The van der Waals surface area contributed by atoms with Crippen LogP contribution in [0.15, 0.2) is 45.8 Å². The van der Waals surface area contributed by atoms with E-state index in [0.717, 1.165) is 5.56 Å². The van der Waals surface area contributed by atoms with Crippen LogP contribution in [-0.2, 0) is 20.9 Å². The van der Waals surface area contributed by atoms with E-state index in [1.54, 1.807) is 24.3 Å². The molecule has 0 heterocycles. The molecule has 0 unspecified atom stereocenters. The van der Waals surface area contributed by atoms with Crippen LogP contribution < -0.4 is 9.47 Å². The fourth-order valence-electron chi connectivity index (χ4n) is 1.93. The summed E-state index contributed by atoms with van der Waals surface area (Å²) in [6.07, 6.45) is 0. The zero-order chi connectivity index (χ0) is 17.0. The Morgan fingerprint density at radius 3 is 2.00 bits per heavy atom. The largest absolute Gasteiger partial charge is 0.495 e. The molecule has 23 heavy (non-hydrogen) atoms. The summed E-state index contributed by atoms with van der Waals surface area (Å²) in [7, 11) is -0.776. The molecule has 0 spiro atoms. The fraction of sp³-hybridized carbons (Fsp3) is 0.250. The van der Waals surface area contributed by atoms with E-state index in [0.29, 0.717) is 21.5 Å². The highest BCUT2D eigenvalue weighted by atomic mass is 79.9. The Labute approximate surface area is 144 Å². The molecule has 0 saturated carbocycles. The van der Waals surface area contributed by atoms with Gasteiger partial charge in [-0.15, -0.1) is 0 Å². The maximum absolute atomic E-state index is 12.2. The average Bonchev–Trinajstić information content (AvgIpc) is 2.54. The van der Waals surface area contributed by atoms with Crippen LogP contribution in [0.1, 0.15) is 11.1 Å². The number of hydrogen-bond acceptors (Lipinski definition) is 5. The Morgan fingerprint density at radius 2 is 1.52 bits per heavy atom. The summed E-state index contributed by atoms with van der Waals surface area (Å²) in [6, 6.07) is 9.87. The van der Waals surface area contributed by atoms with Crippen LogP contribution in [0.2, 0.25) is 0 Å². The molecule has 0 N–H and O–H groups in total. The minimum atomic E-state index is -3.82. The molecule has 2 aromatic rings. The molecule has 0 bridgehead atoms. The lowest BCUT2D eigenvalue weighted by atomic mass is 10.2. The first-order valence-corrected chi connectivity index (χ1v) is 8.94. The van der Waals surface area contributed by atoms with E-state index in [-0.39, 0.29) is 11.5 Å². The molecule has 0 radical (unpaired) electrons. The number of aryl methyl sites for hydroxylation is 1. The fourth-order valence-corrected chi connectivity index (χ4v) is 3.37. The van der Waals surface area contributed by atoms with E-state index in [9.17, 15) is 8.42 Å². The topological polar surface area (TPSA) is 61.8 Å². The second-order valence-electron chi connectivity index (χ2n) is 4.84. The molecular weight excluding hydrogens is 384 g/mol. The zero-order valence-corrected chi connectivity index (χ0v) is 15.4. The Bertz CT molecular complexity index is 760.